The van der Waals surface area contributed by atoms with Crippen molar-refractivity contribution in [2.45, 2.75) is 69.4 Å². The largest absolute Gasteiger partial charge is 0.368 e. The number of rotatable bonds is 7. The number of halogens is 9. The summed E-state index contributed by atoms with van der Waals surface area (Å²) in [5, 5.41) is 6.85. The van der Waals surface area contributed by atoms with E-state index in [0.717, 1.165) is 112 Å². The van der Waals surface area contributed by atoms with Crippen LogP contribution < -0.4 is 64.0 Å². The summed E-state index contributed by atoms with van der Waals surface area (Å²) in [5.41, 5.74) is 45.1. The molecule has 12 heterocycles. The molecule has 0 bridgehead atoms. The van der Waals surface area contributed by atoms with Crippen LogP contribution in [-0.4, -0.2) is 105 Å². The number of primary sulfonamides is 1. The summed E-state index contributed by atoms with van der Waals surface area (Å²) < 4.78 is 64.2. The number of para-hydroxylation sites is 1. The zero-order valence-electron chi connectivity index (χ0n) is 60.1. The summed E-state index contributed by atoms with van der Waals surface area (Å²) >= 11 is 6.03. The van der Waals surface area contributed by atoms with Gasteiger partial charge >= 0.3 is 0 Å². The lowest BCUT2D eigenvalue weighted by Crippen LogP contribution is -2.25. The second-order valence-corrected chi connectivity index (χ2v) is 27.4. The van der Waals surface area contributed by atoms with Gasteiger partial charge in [-0.05, 0) is 201 Å². The first kappa shape index (κ1) is 86.2. The third kappa shape index (κ3) is 19.8. The fourth-order valence-electron chi connectivity index (χ4n) is 13.5. The van der Waals surface area contributed by atoms with E-state index < -0.39 is 10.0 Å². The van der Waals surface area contributed by atoms with Gasteiger partial charge in [-0.25, -0.2) is 56.6 Å². The fraction of sp³-hybridized carbons (Fsp3) is 0.173. The highest BCUT2D eigenvalue weighted by Crippen LogP contribution is 2.43. The molecule has 27 nitrogen and oxygen atoms in total. The average Bonchev–Trinajstić information content (AvgIpc) is 1.98. The highest BCUT2D eigenvalue weighted by molar-refractivity contribution is 7.89. The minimum atomic E-state index is -3.68. The number of hydrogen-bond acceptors (Lipinski definition) is 25. The number of anilines is 16. The van der Waals surface area contributed by atoms with Crippen molar-refractivity contribution in [2.24, 2.45) is 5.14 Å². The van der Waals surface area contributed by atoms with Gasteiger partial charge in [0.1, 0.15) is 52.4 Å². The van der Waals surface area contributed by atoms with Crippen LogP contribution >= 0.6 is 73.6 Å². The van der Waals surface area contributed by atoms with Gasteiger partial charge in [-0.1, -0.05) is 42.8 Å². The number of fused-ring (bicyclic) bond motifs is 6. The quantitative estimate of drug-likeness (QED) is 0.0779. The maximum Gasteiger partial charge on any atom is 0.238 e. The van der Waals surface area contributed by atoms with Crippen molar-refractivity contribution >= 4 is 188 Å². The Hall–Kier alpha value is -11.4. The Labute approximate surface area is 679 Å². The van der Waals surface area contributed by atoms with Gasteiger partial charge in [0.05, 0.1) is 10.4 Å². The molecule has 6 aromatic carbocycles. The summed E-state index contributed by atoms with van der Waals surface area (Å²) in [6, 6.07) is 46.8. The van der Waals surface area contributed by atoms with Crippen LogP contribution in [0.4, 0.5) is 106 Å². The molecule has 5 aliphatic heterocycles. The molecule has 0 aliphatic carbocycles. The second kappa shape index (κ2) is 37.5. The van der Waals surface area contributed by atoms with E-state index in [0.29, 0.717) is 47.9 Å². The van der Waals surface area contributed by atoms with E-state index in [4.69, 9.17) is 51.1 Å². The second-order valence-electron chi connectivity index (χ2n) is 25.4. The van der Waals surface area contributed by atoms with Crippen LogP contribution in [0.15, 0.2) is 206 Å². The number of sulfonamides is 1. The Morgan fingerprint density at radius 3 is 1.38 bits per heavy atom. The van der Waals surface area contributed by atoms with Crippen molar-refractivity contribution in [3.8, 4) is 5.82 Å². The van der Waals surface area contributed by atoms with E-state index in [1.807, 2.05) is 64.5 Å². The molecule has 13 aromatic rings. The number of benzene rings is 6. The van der Waals surface area contributed by atoms with Gasteiger partial charge in [-0.2, -0.15) is 29.9 Å². The lowest BCUT2D eigenvalue weighted by atomic mass is 10.0. The first-order chi connectivity index (χ1) is 51.5. The first-order valence-corrected chi connectivity index (χ1v) is 35.7. The molecule has 3 atom stereocenters. The fourth-order valence-corrected chi connectivity index (χ4v) is 14.2. The topological polar surface area (TPSA) is 392 Å². The third-order valence-electron chi connectivity index (χ3n) is 18.1. The summed E-state index contributed by atoms with van der Waals surface area (Å²) in [5.74, 6) is 5.76. The summed E-state index contributed by atoms with van der Waals surface area (Å²) in [6.07, 6.45) is 15.0. The van der Waals surface area contributed by atoms with E-state index in [1.165, 1.54) is 53.2 Å². The molecule has 112 heavy (non-hydrogen) atoms. The first-order valence-electron chi connectivity index (χ1n) is 33.8. The Morgan fingerprint density at radius 1 is 0.411 bits per heavy atom. The summed E-state index contributed by atoms with van der Waals surface area (Å²) in [4.78, 5) is 59.0. The third-order valence-corrected chi connectivity index (χ3v) is 19.3. The smallest absolute Gasteiger partial charge is 0.238 e. The highest BCUT2D eigenvalue weighted by Gasteiger charge is 2.32. The minimum absolute atomic E-state index is 0. The van der Waals surface area contributed by atoms with Gasteiger partial charge in [0.15, 0.2) is 0 Å². The molecule has 18 rings (SSSR count). The van der Waals surface area contributed by atoms with Crippen molar-refractivity contribution in [1.29, 1.82) is 0 Å². The standard InChI is InChI=1S/C13H13ClN4.C13H13FN4.C13H14N4.C12H11FN4.C12H9FN4.C12H13N5O2S.5ClH/c2*1-8-6-9-7-10(14)2-3-11(9)18(8)12-4-5-16-13(15)17-12;1-9-8-17(11-5-3-2-4-10(9)11)12-6-7-15-13(14)16-12;2*13-9-2-1-8-4-6-17(10(8)7-9)11-3-5-15-12(14)16-11;13-12-15-5-3-11(16-12)17-6-4-8-7-9(20(14,18)19)1-2-10(8)17;;;;;/h2*2-5,7-8H,6H2,1H3,(H2,15,16,17);2-7,9H,8H2,1H3,(H2,14,15,16);1-3,5,7H,4,6H2,(H2,14,15,16);1-7H,(H2,14,15,16);1-3,5,7H,4,6H2,(H2,13,15,16)(H2,14,18,19);5*1H. The van der Waals surface area contributed by atoms with Crippen LogP contribution in [-0.2, 0) is 35.7 Å². The van der Waals surface area contributed by atoms with E-state index in [9.17, 15) is 21.6 Å². The number of nitrogen functional groups attached to an aromatic ring is 6. The Kier molecular flexibility index (Phi) is 28.9. The zero-order valence-corrected chi connectivity index (χ0v) is 65.8. The molecule has 0 saturated heterocycles. The molecular formula is C75H78Cl6F3N25O2S. The summed E-state index contributed by atoms with van der Waals surface area (Å²) in [6.45, 7) is 8.90. The van der Waals surface area contributed by atoms with Gasteiger partial charge < -0.3 is 63.5 Å². The van der Waals surface area contributed by atoms with Gasteiger partial charge in [-0.15, -0.1) is 62.0 Å². The van der Waals surface area contributed by atoms with Gasteiger partial charge in [-0.3, -0.25) is 0 Å². The maximum absolute atomic E-state index is 13.2. The zero-order chi connectivity index (χ0) is 75.2. The number of nitrogens with two attached hydrogens (primary N) is 7. The van der Waals surface area contributed by atoms with Crippen molar-refractivity contribution in [1.82, 2.24) is 64.4 Å². The van der Waals surface area contributed by atoms with Crippen LogP contribution in [0.2, 0.25) is 5.02 Å². The van der Waals surface area contributed by atoms with Crippen LogP contribution in [0.3, 0.4) is 0 Å². The SMILES string of the molecule is CC1CN(c2ccnc(N)n2)c2ccccc21.CC1Cc2cc(Cl)ccc2N1c1ccnc(N)n1.CC1Cc2cc(F)ccc2N1c1ccnc(N)n1.Cl.Cl.Cl.Cl.Cl.Nc1nccc(-n2ccc3ccc(F)cc32)n1.Nc1nccc(N2CCc3cc(S(N)(=O)=O)ccc32)n1.Nc1nccc(N2CCc3ccc(F)cc32)n1. The van der Waals surface area contributed by atoms with E-state index >= 15 is 0 Å². The predicted octanol–water partition coefficient (Wildman–Crippen LogP) is 13.9. The molecule has 0 radical (unpaired) electrons. The maximum atomic E-state index is 13.2. The van der Waals surface area contributed by atoms with Crippen molar-refractivity contribution in [3.05, 3.63) is 251 Å². The van der Waals surface area contributed by atoms with Crippen LogP contribution in [0.5, 0.6) is 0 Å². The molecular weight excluding hydrogens is 1580 g/mol. The molecule has 584 valence electrons. The molecule has 0 saturated carbocycles. The lowest BCUT2D eigenvalue weighted by Gasteiger charge is -2.23. The van der Waals surface area contributed by atoms with Gasteiger partial charge in [0.2, 0.25) is 45.7 Å². The van der Waals surface area contributed by atoms with E-state index in [2.05, 4.69) is 120 Å². The molecule has 7 aromatic heterocycles. The van der Waals surface area contributed by atoms with Gasteiger partial charge in [0.25, 0.3) is 0 Å². The molecule has 37 heteroatoms. The minimum Gasteiger partial charge on any atom is -0.368 e. The highest BCUT2D eigenvalue weighted by atomic mass is 35.5. The Bertz CT molecular complexity index is 5450. The molecule has 5 aliphatic rings. The number of hydrogen-bond donors (Lipinski definition) is 7. The lowest BCUT2D eigenvalue weighted by molar-refractivity contribution is 0.597. The van der Waals surface area contributed by atoms with Crippen LogP contribution in [0.1, 0.15) is 54.5 Å². The monoisotopic (exact) mass is 1660 g/mol. The molecule has 14 N–H and O–H groups in total. The molecule has 0 spiro atoms. The Morgan fingerprint density at radius 2 is 0.839 bits per heavy atom. The normalized spacial score (nSPS) is 14.8. The number of nitrogens with zero attached hydrogens (tertiary/aromatic N) is 18. The van der Waals surface area contributed by atoms with E-state index in [-0.39, 0.29) is 114 Å². The van der Waals surface area contributed by atoms with Crippen molar-refractivity contribution in [3.63, 3.8) is 0 Å². The van der Waals surface area contributed by atoms with Gasteiger partial charge in [0, 0.05) is 120 Å². The van der Waals surface area contributed by atoms with Crippen molar-refractivity contribution in [2.75, 3.05) is 78.5 Å². The number of aromatic nitrogens is 13. The average molecular weight is 1660 g/mol. The summed E-state index contributed by atoms with van der Waals surface area (Å²) in [7, 11) is -3.68. The molecule has 0 fully saturated rings. The van der Waals surface area contributed by atoms with Crippen LogP contribution in [0.25, 0.3) is 16.7 Å². The predicted molar refractivity (Wildman–Crippen MR) is 448 cm³/mol. The molecule has 3 unspecified atom stereocenters. The molecule has 0 amide bonds. The Balaban J connectivity index is 0.000000167. The van der Waals surface area contributed by atoms with Crippen molar-refractivity contribution < 1.29 is 21.6 Å². The van der Waals surface area contributed by atoms with E-state index in [1.54, 1.807) is 90.3 Å². The van der Waals surface area contributed by atoms with Crippen LogP contribution in [0, 0.1) is 17.5 Å².